The number of carbonyl (C=O) groups excluding carboxylic acids is 2. The van der Waals surface area contributed by atoms with E-state index in [2.05, 4.69) is 5.32 Å². The van der Waals surface area contributed by atoms with Crippen LogP contribution in [0.2, 0.25) is 0 Å². The first kappa shape index (κ1) is 19.1. The lowest BCUT2D eigenvalue weighted by Gasteiger charge is -2.33. The number of amides is 2. The fourth-order valence-electron chi connectivity index (χ4n) is 3.42. The summed E-state index contributed by atoms with van der Waals surface area (Å²) in [4.78, 5) is 26.1. The summed E-state index contributed by atoms with van der Waals surface area (Å²) in [5, 5.41) is 2.99. The molecule has 1 aliphatic rings. The summed E-state index contributed by atoms with van der Waals surface area (Å²) in [6, 6.07) is 15.4. The third-order valence-electron chi connectivity index (χ3n) is 4.97. The molecule has 3 rings (SSSR count). The van der Waals surface area contributed by atoms with Crippen molar-refractivity contribution in [1.82, 2.24) is 4.90 Å². The fraction of sp³-hybridized carbons (Fsp3) is 0.364. The van der Waals surface area contributed by atoms with Crippen LogP contribution >= 0.6 is 0 Å². The van der Waals surface area contributed by atoms with Crippen LogP contribution in [0.15, 0.2) is 48.5 Å². The van der Waals surface area contributed by atoms with Crippen molar-refractivity contribution in [3.63, 3.8) is 0 Å². The van der Waals surface area contributed by atoms with Gasteiger partial charge in [0.25, 0.3) is 0 Å². The Morgan fingerprint density at radius 1 is 1.07 bits per heavy atom. The highest BCUT2D eigenvalue weighted by molar-refractivity contribution is 5.95. The Labute approximate surface area is 160 Å². The smallest absolute Gasteiger partial charge is 0.322 e. The van der Waals surface area contributed by atoms with Crippen molar-refractivity contribution >= 4 is 17.5 Å². The van der Waals surface area contributed by atoms with E-state index in [9.17, 15) is 9.59 Å². The molecular formula is C22H26N2O3. The van der Waals surface area contributed by atoms with Gasteiger partial charge in [0.2, 0.25) is 0 Å². The first-order chi connectivity index (χ1) is 13.1. The number of ketones is 1. The molecule has 2 aromatic rings. The molecule has 5 nitrogen and oxygen atoms in total. The fourth-order valence-corrected chi connectivity index (χ4v) is 3.42. The Morgan fingerprint density at radius 2 is 1.78 bits per heavy atom. The van der Waals surface area contributed by atoms with Crippen molar-refractivity contribution in [2.45, 2.75) is 32.7 Å². The molecule has 0 spiro atoms. The van der Waals surface area contributed by atoms with Gasteiger partial charge in [-0.1, -0.05) is 30.3 Å². The van der Waals surface area contributed by atoms with E-state index in [1.54, 1.807) is 6.92 Å². The second-order valence-electron chi connectivity index (χ2n) is 6.77. The highest BCUT2D eigenvalue weighted by Crippen LogP contribution is 2.23. The summed E-state index contributed by atoms with van der Waals surface area (Å²) in [5.74, 6) is 0.0495. The van der Waals surface area contributed by atoms with Crippen LogP contribution in [-0.4, -0.2) is 42.5 Å². The number of hydrogen-bond donors (Lipinski definition) is 1. The molecule has 0 atom stereocenters. The van der Waals surface area contributed by atoms with Gasteiger partial charge >= 0.3 is 6.03 Å². The SMILES string of the molecule is CCN(C(=O)Nc1ccc(-c2cccc(C(C)=O)c2)cc1)C1CCOCC1. The number of rotatable bonds is 5. The molecule has 1 heterocycles. The first-order valence-corrected chi connectivity index (χ1v) is 9.45. The van der Waals surface area contributed by atoms with Gasteiger partial charge in [0.15, 0.2) is 5.78 Å². The number of urea groups is 1. The van der Waals surface area contributed by atoms with Crippen LogP contribution in [0.3, 0.4) is 0 Å². The number of carbonyl (C=O) groups is 2. The Balaban J connectivity index is 1.69. The van der Waals surface area contributed by atoms with Crippen molar-refractivity contribution in [1.29, 1.82) is 0 Å². The van der Waals surface area contributed by atoms with E-state index >= 15 is 0 Å². The molecular weight excluding hydrogens is 340 g/mol. The number of benzene rings is 2. The number of Topliss-reactive ketones (excluding diaryl/α,β-unsaturated/α-hetero) is 1. The molecule has 1 fully saturated rings. The zero-order valence-corrected chi connectivity index (χ0v) is 15.9. The van der Waals surface area contributed by atoms with Gasteiger partial charge in [-0.25, -0.2) is 4.79 Å². The van der Waals surface area contributed by atoms with Crippen LogP contribution < -0.4 is 5.32 Å². The van der Waals surface area contributed by atoms with Gasteiger partial charge in [-0.2, -0.15) is 0 Å². The van der Waals surface area contributed by atoms with Gasteiger partial charge in [0.05, 0.1) is 0 Å². The largest absolute Gasteiger partial charge is 0.381 e. The number of ether oxygens (including phenoxy) is 1. The van der Waals surface area contributed by atoms with E-state index < -0.39 is 0 Å². The van der Waals surface area contributed by atoms with Crippen molar-refractivity contribution in [3.8, 4) is 11.1 Å². The summed E-state index contributed by atoms with van der Waals surface area (Å²) in [6.07, 6.45) is 1.76. The van der Waals surface area contributed by atoms with E-state index in [1.165, 1.54) is 0 Å². The van der Waals surface area contributed by atoms with E-state index in [0.29, 0.717) is 25.3 Å². The number of nitrogens with one attached hydrogen (secondary N) is 1. The van der Waals surface area contributed by atoms with E-state index in [0.717, 1.165) is 29.7 Å². The number of hydrogen-bond acceptors (Lipinski definition) is 3. The predicted molar refractivity (Wildman–Crippen MR) is 107 cm³/mol. The maximum atomic E-state index is 12.7. The number of anilines is 1. The molecule has 2 aromatic carbocycles. The third kappa shape index (κ3) is 4.74. The predicted octanol–water partition coefficient (Wildman–Crippen LogP) is 4.59. The van der Waals surface area contributed by atoms with Gasteiger partial charge in [-0.15, -0.1) is 0 Å². The average molecular weight is 366 g/mol. The van der Waals surface area contributed by atoms with Crippen LogP contribution in [0, 0.1) is 0 Å². The minimum Gasteiger partial charge on any atom is -0.381 e. The minimum absolute atomic E-state index is 0.0495. The van der Waals surface area contributed by atoms with E-state index in [4.69, 9.17) is 4.74 Å². The highest BCUT2D eigenvalue weighted by atomic mass is 16.5. The first-order valence-electron chi connectivity index (χ1n) is 9.45. The maximum absolute atomic E-state index is 12.7. The molecule has 0 radical (unpaired) electrons. The maximum Gasteiger partial charge on any atom is 0.322 e. The lowest BCUT2D eigenvalue weighted by molar-refractivity contribution is 0.0494. The van der Waals surface area contributed by atoms with Crippen LogP contribution in [-0.2, 0) is 4.74 Å². The Morgan fingerprint density at radius 3 is 2.41 bits per heavy atom. The molecule has 0 aromatic heterocycles. The van der Waals surface area contributed by atoms with Gasteiger partial charge in [-0.3, -0.25) is 4.79 Å². The normalized spacial score (nSPS) is 14.6. The Kier molecular flexibility index (Phi) is 6.24. The lowest BCUT2D eigenvalue weighted by atomic mass is 10.0. The molecule has 142 valence electrons. The molecule has 0 aliphatic carbocycles. The monoisotopic (exact) mass is 366 g/mol. The van der Waals surface area contributed by atoms with Crippen molar-refractivity contribution in [2.75, 3.05) is 25.1 Å². The van der Waals surface area contributed by atoms with E-state index in [1.807, 2.05) is 60.4 Å². The molecule has 5 heteroatoms. The zero-order valence-electron chi connectivity index (χ0n) is 15.9. The van der Waals surface area contributed by atoms with Crippen LogP contribution in [0.1, 0.15) is 37.0 Å². The van der Waals surface area contributed by atoms with Gasteiger partial charge < -0.3 is 15.0 Å². The second kappa shape index (κ2) is 8.82. The Bertz CT molecular complexity index is 795. The minimum atomic E-state index is -0.0734. The summed E-state index contributed by atoms with van der Waals surface area (Å²) in [6.45, 7) is 5.66. The summed E-state index contributed by atoms with van der Waals surface area (Å²) in [5.41, 5.74) is 3.45. The van der Waals surface area contributed by atoms with Crippen LogP contribution in [0.25, 0.3) is 11.1 Å². The van der Waals surface area contributed by atoms with Crippen LogP contribution in [0.5, 0.6) is 0 Å². The molecule has 1 saturated heterocycles. The highest BCUT2D eigenvalue weighted by Gasteiger charge is 2.24. The average Bonchev–Trinajstić information content (AvgIpc) is 2.70. The summed E-state index contributed by atoms with van der Waals surface area (Å²) < 4.78 is 5.39. The van der Waals surface area contributed by atoms with Crippen LogP contribution in [0.4, 0.5) is 10.5 Å². The summed E-state index contributed by atoms with van der Waals surface area (Å²) >= 11 is 0. The molecule has 27 heavy (non-hydrogen) atoms. The van der Waals surface area contributed by atoms with Gasteiger partial charge in [0, 0.05) is 37.1 Å². The molecule has 2 amide bonds. The summed E-state index contributed by atoms with van der Waals surface area (Å²) in [7, 11) is 0. The van der Waals surface area contributed by atoms with Gasteiger partial charge in [0.1, 0.15) is 0 Å². The molecule has 0 bridgehead atoms. The van der Waals surface area contributed by atoms with Gasteiger partial charge in [-0.05, 0) is 56.0 Å². The Hall–Kier alpha value is -2.66. The molecule has 0 saturated carbocycles. The standard InChI is InChI=1S/C22H26N2O3/c1-3-24(21-11-13-27-14-12-21)22(26)23-20-9-7-17(8-10-20)19-6-4-5-18(15-19)16(2)25/h4-10,15,21H,3,11-14H2,1-2H3,(H,23,26). The third-order valence-corrected chi connectivity index (χ3v) is 4.97. The zero-order chi connectivity index (χ0) is 19.2. The lowest BCUT2D eigenvalue weighted by Crippen LogP contribution is -2.45. The topological polar surface area (TPSA) is 58.6 Å². The molecule has 1 aliphatic heterocycles. The number of nitrogens with zero attached hydrogens (tertiary/aromatic N) is 1. The van der Waals surface area contributed by atoms with Crippen molar-refractivity contribution in [2.24, 2.45) is 0 Å². The van der Waals surface area contributed by atoms with Crippen molar-refractivity contribution < 1.29 is 14.3 Å². The molecule has 0 unspecified atom stereocenters. The second-order valence-corrected chi connectivity index (χ2v) is 6.77. The molecule has 1 N–H and O–H groups in total. The van der Waals surface area contributed by atoms with Crippen molar-refractivity contribution in [3.05, 3.63) is 54.1 Å². The van der Waals surface area contributed by atoms with E-state index in [-0.39, 0.29) is 17.9 Å². The quantitative estimate of drug-likeness (QED) is 0.788.